The Labute approximate surface area is 160 Å². The van der Waals surface area contributed by atoms with Crippen molar-refractivity contribution >= 4 is 11.8 Å². The van der Waals surface area contributed by atoms with Crippen molar-refractivity contribution in [3.63, 3.8) is 0 Å². The highest BCUT2D eigenvalue weighted by molar-refractivity contribution is 5.80. The first-order chi connectivity index (χ1) is 12.8. The number of nitrogens with one attached hydrogen (secondary N) is 2. The number of ether oxygens (including phenoxy) is 2. The van der Waals surface area contributed by atoms with Gasteiger partial charge in [0.25, 0.3) is 0 Å². The first-order valence-electron chi connectivity index (χ1n) is 9.32. The van der Waals surface area contributed by atoms with Crippen molar-refractivity contribution in [3.8, 4) is 11.5 Å². The zero-order valence-corrected chi connectivity index (χ0v) is 16.5. The molecule has 0 saturated heterocycles. The van der Waals surface area contributed by atoms with E-state index in [1.165, 1.54) is 0 Å². The van der Waals surface area contributed by atoms with E-state index in [0.717, 1.165) is 5.56 Å². The molecule has 1 aliphatic carbocycles. The van der Waals surface area contributed by atoms with Crippen LogP contribution < -0.4 is 20.1 Å². The van der Waals surface area contributed by atoms with Gasteiger partial charge in [-0.2, -0.15) is 0 Å². The van der Waals surface area contributed by atoms with Crippen LogP contribution in [0.2, 0.25) is 0 Å². The average molecular weight is 378 g/mol. The highest BCUT2D eigenvalue weighted by Crippen LogP contribution is 2.28. The fraction of sp³-hybridized carbons (Fsp3) is 0.600. The SMILES string of the molecule is COc1ccc(CC(=O)N[C@@H]2C[C@@H](C(=O)NC(C)C)CC[C@H]2O)cc1OC. The van der Waals surface area contributed by atoms with E-state index in [1.807, 2.05) is 13.8 Å². The van der Waals surface area contributed by atoms with Gasteiger partial charge in [0, 0.05) is 12.0 Å². The highest BCUT2D eigenvalue weighted by Gasteiger charge is 2.33. The third kappa shape index (κ3) is 5.85. The van der Waals surface area contributed by atoms with E-state index < -0.39 is 12.1 Å². The maximum atomic E-state index is 12.4. The molecule has 1 aromatic carbocycles. The summed E-state index contributed by atoms with van der Waals surface area (Å²) >= 11 is 0. The van der Waals surface area contributed by atoms with Crippen molar-refractivity contribution in [2.75, 3.05) is 14.2 Å². The van der Waals surface area contributed by atoms with E-state index in [0.29, 0.717) is 30.8 Å². The number of amides is 2. The molecule has 1 aliphatic rings. The molecule has 27 heavy (non-hydrogen) atoms. The zero-order chi connectivity index (χ0) is 20.0. The summed E-state index contributed by atoms with van der Waals surface area (Å²) in [6, 6.07) is 4.96. The molecule has 0 radical (unpaired) electrons. The number of carbonyl (C=O) groups is 2. The molecule has 3 N–H and O–H groups in total. The van der Waals surface area contributed by atoms with Gasteiger partial charge in [0.05, 0.1) is 32.8 Å². The van der Waals surface area contributed by atoms with Crippen LogP contribution in [0.1, 0.15) is 38.7 Å². The van der Waals surface area contributed by atoms with Crippen molar-refractivity contribution in [1.29, 1.82) is 0 Å². The Hall–Kier alpha value is -2.28. The molecule has 0 aliphatic heterocycles. The van der Waals surface area contributed by atoms with Crippen LogP contribution in [0, 0.1) is 5.92 Å². The predicted octanol–water partition coefficient (Wildman–Crippen LogP) is 1.42. The summed E-state index contributed by atoms with van der Waals surface area (Å²) in [6.45, 7) is 3.83. The molecule has 0 heterocycles. The summed E-state index contributed by atoms with van der Waals surface area (Å²) < 4.78 is 10.5. The van der Waals surface area contributed by atoms with E-state index >= 15 is 0 Å². The van der Waals surface area contributed by atoms with E-state index in [9.17, 15) is 14.7 Å². The number of aliphatic hydroxyl groups excluding tert-OH is 1. The standard InChI is InChI=1S/C20H30N2O5/c1-12(2)21-20(25)14-6-7-16(23)15(11-14)22-19(24)10-13-5-8-17(26-3)18(9-13)27-4/h5,8-9,12,14-16,23H,6-7,10-11H2,1-4H3,(H,21,25)(H,22,24)/t14-,15+,16+/m0/s1. The molecular weight excluding hydrogens is 348 g/mol. The van der Waals surface area contributed by atoms with Gasteiger partial charge in [-0.15, -0.1) is 0 Å². The fourth-order valence-corrected chi connectivity index (χ4v) is 3.38. The van der Waals surface area contributed by atoms with Crippen molar-refractivity contribution < 1.29 is 24.2 Å². The Bertz CT molecular complexity index is 662. The quantitative estimate of drug-likeness (QED) is 0.667. The summed E-state index contributed by atoms with van der Waals surface area (Å²) in [4.78, 5) is 24.7. The van der Waals surface area contributed by atoms with Crippen LogP contribution in [0.25, 0.3) is 0 Å². The summed E-state index contributed by atoms with van der Waals surface area (Å²) in [6.07, 6.45) is 1.09. The lowest BCUT2D eigenvalue weighted by atomic mass is 9.83. The summed E-state index contributed by atoms with van der Waals surface area (Å²) in [7, 11) is 3.10. The van der Waals surface area contributed by atoms with Gasteiger partial charge in [0.1, 0.15) is 0 Å². The van der Waals surface area contributed by atoms with Gasteiger partial charge in [-0.1, -0.05) is 6.07 Å². The van der Waals surface area contributed by atoms with Crippen molar-refractivity contribution in [3.05, 3.63) is 23.8 Å². The summed E-state index contributed by atoms with van der Waals surface area (Å²) in [5.74, 6) is 0.753. The van der Waals surface area contributed by atoms with E-state index in [2.05, 4.69) is 10.6 Å². The molecule has 0 spiro atoms. The average Bonchev–Trinajstić information content (AvgIpc) is 2.62. The molecule has 7 heteroatoms. The van der Waals surface area contributed by atoms with Crippen LogP contribution >= 0.6 is 0 Å². The minimum atomic E-state index is -0.637. The molecule has 1 aromatic rings. The molecular formula is C20H30N2O5. The first-order valence-corrected chi connectivity index (χ1v) is 9.32. The predicted molar refractivity (Wildman–Crippen MR) is 102 cm³/mol. The van der Waals surface area contributed by atoms with Crippen LogP contribution in [-0.2, 0) is 16.0 Å². The molecule has 3 atom stereocenters. The number of aliphatic hydroxyl groups is 1. The Morgan fingerprint density at radius 1 is 1.19 bits per heavy atom. The second kappa shape index (κ2) is 9.60. The van der Waals surface area contributed by atoms with Crippen LogP contribution in [0.4, 0.5) is 0 Å². The third-order valence-electron chi connectivity index (χ3n) is 4.77. The largest absolute Gasteiger partial charge is 0.493 e. The molecule has 1 saturated carbocycles. The van der Waals surface area contributed by atoms with Crippen LogP contribution in [-0.4, -0.2) is 49.3 Å². The molecule has 2 rings (SSSR count). The minimum Gasteiger partial charge on any atom is -0.493 e. The van der Waals surface area contributed by atoms with Crippen molar-refractivity contribution in [1.82, 2.24) is 10.6 Å². The molecule has 7 nitrogen and oxygen atoms in total. The van der Waals surface area contributed by atoms with Gasteiger partial charge in [-0.3, -0.25) is 9.59 Å². The van der Waals surface area contributed by atoms with Crippen molar-refractivity contribution in [2.45, 2.75) is 57.7 Å². The van der Waals surface area contributed by atoms with Crippen LogP contribution in [0.3, 0.4) is 0 Å². The minimum absolute atomic E-state index is 0.0176. The Morgan fingerprint density at radius 2 is 1.89 bits per heavy atom. The molecule has 2 amide bonds. The lowest BCUT2D eigenvalue weighted by molar-refractivity contribution is -0.129. The molecule has 0 aromatic heterocycles. The lowest BCUT2D eigenvalue weighted by Crippen LogP contribution is -2.50. The normalized spacial score (nSPS) is 22.2. The number of hydrogen-bond donors (Lipinski definition) is 3. The van der Waals surface area contributed by atoms with Crippen molar-refractivity contribution in [2.24, 2.45) is 5.92 Å². The van der Waals surface area contributed by atoms with Crippen LogP contribution in [0.5, 0.6) is 11.5 Å². The Morgan fingerprint density at radius 3 is 2.52 bits per heavy atom. The third-order valence-corrected chi connectivity index (χ3v) is 4.77. The Balaban J connectivity index is 1.96. The van der Waals surface area contributed by atoms with Gasteiger partial charge in [0.15, 0.2) is 11.5 Å². The van der Waals surface area contributed by atoms with E-state index in [4.69, 9.17) is 9.47 Å². The first kappa shape index (κ1) is 21.0. The van der Waals surface area contributed by atoms with Gasteiger partial charge in [-0.25, -0.2) is 0 Å². The van der Waals surface area contributed by atoms with Crippen LogP contribution in [0.15, 0.2) is 18.2 Å². The molecule has 0 bridgehead atoms. The maximum Gasteiger partial charge on any atom is 0.224 e. The molecule has 0 unspecified atom stereocenters. The zero-order valence-electron chi connectivity index (χ0n) is 16.5. The Kier molecular flexibility index (Phi) is 7.47. The number of hydrogen-bond acceptors (Lipinski definition) is 5. The number of rotatable bonds is 7. The van der Waals surface area contributed by atoms with Gasteiger partial charge >= 0.3 is 0 Å². The van der Waals surface area contributed by atoms with E-state index in [1.54, 1.807) is 32.4 Å². The van der Waals surface area contributed by atoms with Gasteiger partial charge < -0.3 is 25.2 Å². The second-order valence-corrected chi connectivity index (χ2v) is 7.28. The number of methoxy groups -OCH3 is 2. The van der Waals surface area contributed by atoms with E-state index in [-0.39, 0.29) is 30.2 Å². The summed E-state index contributed by atoms with van der Waals surface area (Å²) in [5, 5.41) is 16.0. The highest BCUT2D eigenvalue weighted by atomic mass is 16.5. The molecule has 150 valence electrons. The summed E-state index contributed by atoms with van der Waals surface area (Å²) in [5.41, 5.74) is 0.782. The maximum absolute atomic E-state index is 12.4. The number of carbonyl (C=O) groups excluding carboxylic acids is 2. The monoisotopic (exact) mass is 378 g/mol. The lowest BCUT2D eigenvalue weighted by Gasteiger charge is -2.33. The topological polar surface area (TPSA) is 96.9 Å². The smallest absolute Gasteiger partial charge is 0.224 e. The van der Waals surface area contributed by atoms with Gasteiger partial charge in [-0.05, 0) is 50.8 Å². The fourth-order valence-electron chi connectivity index (χ4n) is 3.38. The second-order valence-electron chi connectivity index (χ2n) is 7.28. The number of benzene rings is 1. The molecule has 1 fully saturated rings. The van der Waals surface area contributed by atoms with Gasteiger partial charge in [0.2, 0.25) is 11.8 Å².